The van der Waals surface area contributed by atoms with Crippen LogP contribution in [-0.4, -0.2) is 41.8 Å². The third kappa shape index (κ3) is 3.91. The van der Waals surface area contributed by atoms with Crippen LogP contribution < -0.4 is 4.90 Å². The number of imide groups is 1. The zero-order valence-electron chi connectivity index (χ0n) is 16.9. The first kappa shape index (κ1) is 23.0. The number of nitrogens with zero attached hydrogens (tertiary/aromatic N) is 3. The number of amides is 3. The monoisotopic (exact) mass is 497 g/mol. The molecule has 0 spiro atoms. The first-order valence-corrected chi connectivity index (χ1v) is 11.4. The summed E-state index contributed by atoms with van der Waals surface area (Å²) in [6.07, 6.45) is 1.55. The van der Waals surface area contributed by atoms with Gasteiger partial charge in [0, 0.05) is 23.2 Å². The normalized spacial score (nSPS) is 17.3. The molecular formula is C21H15ClF3N3O4S. The summed E-state index contributed by atoms with van der Waals surface area (Å²) in [5.74, 6) is -0.590. The summed E-state index contributed by atoms with van der Waals surface area (Å²) >= 11 is 6.00. The van der Waals surface area contributed by atoms with Crippen LogP contribution in [0.3, 0.4) is 0 Å². The lowest BCUT2D eigenvalue weighted by Gasteiger charge is -2.20. The fourth-order valence-corrected chi connectivity index (χ4v) is 4.49. The number of pyridine rings is 1. The minimum atomic E-state index is -5.54. The topological polar surface area (TPSA) is 87.7 Å². The lowest BCUT2D eigenvalue weighted by atomic mass is 10.1. The van der Waals surface area contributed by atoms with E-state index in [4.69, 9.17) is 11.6 Å². The Hall–Kier alpha value is -3.18. The smallest absolute Gasteiger partial charge is 0.308 e. The molecule has 1 saturated heterocycles. The van der Waals surface area contributed by atoms with Crippen molar-refractivity contribution in [2.24, 2.45) is 0 Å². The van der Waals surface area contributed by atoms with Crippen molar-refractivity contribution in [3.05, 3.63) is 65.3 Å². The van der Waals surface area contributed by atoms with Crippen molar-refractivity contribution in [2.75, 3.05) is 4.90 Å². The summed E-state index contributed by atoms with van der Waals surface area (Å²) in [4.78, 5) is 31.2. The number of hydrogen-bond donors (Lipinski definition) is 0. The Morgan fingerprint density at radius 2 is 1.73 bits per heavy atom. The van der Waals surface area contributed by atoms with Gasteiger partial charge in [-0.2, -0.15) is 13.2 Å². The Morgan fingerprint density at radius 3 is 2.36 bits per heavy atom. The van der Waals surface area contributed by atoms with Gasteiger partial charge < -0.3 is 4.90 Å². The number of alkyl halides is 3. The summed E-state index contributed by atoms with van der Waals surface area (Å²) in [5, 5.41) is 1.24. The summed E-state index contributed by atoms with van der Waals surface area (Å²) in [5.41, 5.74) is -4.16. The van der Waals surface area contributed by atoms with E-state index in [1.54, 1.807) is 30.5 Å². The molecule has 0 bridgehead atoms. The van der Waals surface area contributed by atoms with E-state index in [0.29, 0.717) is 22.7 Å². The van der Waals surface area contributed by atoms with Crippen LogP contribution in [0.5, 0.6) is 0 Å². The molecule has 0 saturated carbocycles. The molecule has 2 aromatic carbocycles. The quantitative estimate of drug-likeness (QED) is 0.494. The first-order valence-electron chi connectivity index (χ1n) is 9.51. The summed E-state index contributed by atoms with van der Waals surface area (Å²) in [6.45, 7) is 1.60. The molecule has 7 nitrogen and oxygen atoms in total. The van der Waals surface area contributed by atoms with Gasteiger partial charge in [0.05, 0.1) is 16.1 Å². The molecule has 0 N–H and O–H groups in total. The van der Waals surface area contributed by atoms with Gasteiger partial charge in [-0.05, 0) is 55.0 Å². The summed E-state index contributed by atoms with van der Waals surface area (Å²) in [6, 6.07) is 8.69. The molecule has 1 aromatic heterocycles. The highest BCUT2D eigenvalue weighted by Gasteiger charge is 2.47. The highest BCUT2D eigenvalue weighted by atomic mass is 35.5. The molecule has 33 heavy (non-hydrogen) atoms. The molecule has 1 fully saturated rings. The standard InChI is InChI=1S/C21H15ClF3N3O4S/c1-12-19(29)28(15-3-5-16(6-4-15)33(31,32)21(23,24)25)20(30)27(12)11-13-8-9-26-18-10-14(22)2-7-17(13)18/h2-10,12H,11H2,1H3. The fourth-order valence-electron chi connectivity index (χ4n) is 3.56. The largest absolute Gasteiger partial charge is 0.501 e. The van der Waals surface area contributed by atoms with Crippen molar-refractivity contribution in [1.29, 1.82) is 0 Å². The van der Waals surface area contributed by atoms with Gasteiger partial charge in [-0.15, -0.1) is 0 Å². The highest BCUT2D eigenvalue weighted by Crippen LogP contribution is 2.33. The average Bonchev–Trinajstić information content (AvgIpc) is 2.96. The van der Waals surface area contributed by atoms with Crippen LogP contribution >= 0.6 is 11.6 Å². The highest BCUT2D eigenvalue weighted by molar-refractivity contribution is 7.92. The van der Waals surface area contributed by atoms with Gasteiger partial charge in [0.25, 0.3) is 15.7 Å². The molecule has 3 amide bonds. The molecule has 1 aliphatic rings. The minimum absolute atomic E-state index is 0.0353. The zero-order chi connectivity index (χ0) is 24.1. The first-order chi connectivity index (χ1) is 15.4. The van der Waals surface area contributed by atoms with Crippen LogP contribution in [0.1, 0.15) is 12.5 Å². The van der Waals surface area contributed by atoms with E-state index in [0.717, 1.165) is 28.0 Å². The molecule has 12 heteroatoms. The number of carbonyl (C=O) groups excluding carboxylic acids is 2. The molecule has 1 aliphatic heterocycles. The van der Waals surface area contributed by atoms with Crippen LogP contribution in [-0.2, 0) is 21.2 Å². The molecule has 1 atom stereocenters. The van der Waals surface area contributed by atoms with E-state index in [-0.39, 0.29) is 12.2 Å². The predicted molar refractivity (Wildman–Crippen MR) is 114 cm³/mol. The Bertz CT molecular complexity index is 1380. The number of halogens is 4. The fraction of sp³-hybridized carbons (Fsp3) is 0.190. The molecular weight excluding hydrogens is 483 g/mol. The van der Waals surface area contributed by atoms with Crippen LogP contribution in [0.4, 0.5) is 23.7 Å². The zero-order valence-corrected chi connectivity index (χ0v) is 18.4. The van der Waals surface area contributed by atoms with Crippen LogP contribution in [0.2, 0.25) is 5.02 Å². The molecule has 3 aromatic rings. The number of sulfone groups is 1. The van der Waals surface area contributed by atoms with Gasteiger partial charge in [-0.1, -0.05) is 17.7 Å². The molecule has 172 valence electrons. The van der Waals surface area contributed by atoms with Gasteiger partial charge in [0.15, 0.2) is 0 Å². The summed E-state index contributed by atoms with van der Waals surface area (Å²) < 4.78 is 61.4. The number of aromatic nitrogens is 1. The van der Waals surface area contributed by atoms with Crippen LogP contribution in [0.25, 0.3) is 10.9 Å². The van der Waals surface area contributed by atoms with E-state index in [1.807, 2.05) is 0 Å². The Kier molecular flexibility index (Phi) is 5.57. The van der Waals surface area contributed by atoms with E-state index in [9.17, 15) is 31.2 Å². The third-order valence-electron chi connectivity index (χ3n) is 5.33. The van der Waals surface area contributed by atoms with E-state index in [2.05, 4.69) is 4.98 Å². The number of urea groups is 1. The average molecular weight is 498 g/mol. The van der Waals surface area contributed by atoms with Crippen LogP contribution in [0.15, 0.2) is 59.6 Å². The van der Waals surface area contributed by atoms with Crippen molar-refractivity contribution in [3.8, 4) is 0 Å². The maximum atomic E-state index is 13.1. The number of benzene rings is 2. The van der Waals surface area contributed by atoms with Gasteiger partial charge in [-0.3, -0.25) is 9.78 Å². The summed E-state index contributed by atoms with van der Waals surface area (Å²) in [7, 11) is -5.54. The molecule has 2 heterocycles. The van der Waals surface area contributed by atoms with Gasteiger partial charge in [0.2, 0.25) is 0 Å². The second kappa shape index (κ2) is 7.99. The van der Waals surface area contributed by atoms with E-state index >= 15 is 0 Å². The van der Waals surface area contributed by atoms with Crippen molar-refractivity contribution in [2.45, 2.75) is 29.9 Å². The Balaban J connectivity index is 1.64. The SMILES string of the molecule is CC1C(=O)N(c2ccc(S(=O)(=O)C(F)(F)F)cc2)C(=O)N1Cc1ccnc2cc(Cl)ccc12. The van der Waals surface area contributed by atoms with Gasteiger partial charge in [-0.25, -0.2) is 18.1 Å². The van der Waals surface area contributed by atoms with Crippen molar-refractivity contribution >= 4 is 50.0 Å². The number of carbonyl (C=O) groups is 2. The van der Waals surface area contributed by atoms with Gasteiger partial charge >= 0.3 is 11.5 Å². The second-order valence-corrected chi connectivity index (χ2v) is 9.71. The maximum absolute atomic E-state index is 13.1. The number of hydrogen-bond acceptors (Lipinski definition) is 5. The number of fused-ring (bicyclic) bond motifs is 1. The van der Waals surface area contributed by atoms with Crippen molar-refractivity contribution in [1.82, 2.24) is 9.88 Å². The maximum Gasteiger partial charge on any atom is 0.501 e. The molecule has 0 radical (unpaired) electrons. The lowest BCUT2D eigenvalue weighted by Crippen LogP contribution is -2.33. The molecule has 0 aliphatic carbocycles. The minimum Gasteiger partial charge on any atom is -0.308 e. The Labute approximate surface area is 191 Å². The predicted octanol–water partition coefficient (Wildman–Crippen LogP) is 4.54. The van der Waals surface area contributed by atoms with Crippen molar-refractivity contribution in [3.63, 3.8) is 0 Å². The van der Waals surface area contributed by atoms with E-state index in [1.165, 1.54) is 11.8 Å². The van der Waals surface area contributed by atoms with Gasteiger partial charge in [0.1, 0.15) is 6.04 Å². The number of anilines is 1. The lowest BCUT2D eigenvalue weighted by molar-refractivity contribution is -0.119. The van der Waals surface area contributed by atoms with E-state index < -0.39 is 38.2 Å². The van der Waals surface area contributed by atoms with Crippen LogP contribution in [0, 0.1) is 0 Å². The number of rotatable bonds is 4. The third-order valence-corrected chi connectivity index (χ3v) is 7.07. The second-order valence-electron chi connectivity index (χ2n) is 7.33. The Morgan fingerprint density at radius 1 is 1.06 bits per heavy atom. The molecule has 4 rings (SSSR count). The molecule has 1 unspecified atom stereocenters. The van der Waals surface area contributed by atoms with Crippen molar-refractivity contribution < 1.29 is 31.2 Å².